The molecule has 110 valence electrons. The molecule has 0 aliphatic heterocycles. The lowest BCUT2D eigenvalue weighted by Gasteiger charge is -1.99. The van der Waals surface area contributed by atoms with Crippen molar-refractivity contribution in [1.82, 2.24) is 25.1 Å². The van der Waals surface area contributed by atoms with Gasteiger partial charge in [-0.25, -0.2) is 18.4 Å². The Bertz CT molecular complexity index is 898. The SMILES string of the molecule is CCc1nocc1CS(=O)(=O)c1nc2ncnc(N)c2[nH]1. The molecule has 0 aliphatic rings. The molecule has 0 aromatic carbocycles. The van der Waals surface area contributed by atoms with E-state index in [1.165, 1.54) is 12.6 Å². The van der Waals surface area contributed by atoms with Gasteiger partial charge in [0.05, 0.1) is 11.4 Å². The highest BCUT2D eigenvalue weighted by Gasteiger charge is 2.23. The number of aromatic nitrogens is 5. The summed E-state index contributed by atoms with van der Waals surface area (Å²) in [7, 11) is -3.68. The van der Waals surface area contributed by atoms with E-state index < -0.39 is 9.84 Å². The highest BCUT2D eigenvalue weighted by Crippen LogP contribution is 2.20. The van der Waals surface area contributed by atoms with E-state index in [1.54, 1.807) is 0 Å². The van der Waals surface area contributed by atoms with E-state index in [2.05, 4.69) is 25.1 Å². The number of hydrogen-bond acceptors (Lipinski definition) is 8. The Hall–Kier alpha value is -2.49. The first-order valence-corrected chi connectivity index (χ1v) is 7.77. The van der Waals surface area contributed by atoms with Crippen molar-refractivity contribution in [3.05, 3.63) is 23.8 Å². The molecule has 3 aromatic rings. The minimum atomic E-state index is -3.68. The summed E-state index contributed by atoms with van der Waals surface area (Å²) in [6.45, 7) is 1.87. The minimum Gasteiger partial charge on any atom is -0.382 e. The quantitative estimate of drug-likeness (QED) is 0.708. The second-order valence-electron chi connectivity index (χ2n) is 4.40. The molecule has 0 fully saturated rings. The Morgan fingerprint density at radius 3 is 2.90 bits per heavy atom. The van der Waals surface area contributed by atoms with Gasteiger partial charge in [-0.1, -0.05) is 12.1 Å². The molecule has 0 saturated heterocycles. The van der Waals surface area contributed by atoms with Crippen molar-refractivity contribution >= 4 is 26.8 Å². The zero-order valence-corrected chi connectivity index (χ0v) is 11.9. The van der Waals surface area contributed by atoms with E-state index in [-0.39, 0.29) is 22.4 Å². The van der Waals surface area contributed by atoms with Crippen LogP contribution in [0.25, 0.3) is 11.2 Å². The van der Waals surface area contributed by atoms with Gasteiger partial charge in [0.25, 0.3) is 0 Å². The average molecular weight is 308 g/mol. The maximum atomic E-state index is 12.4. The van der Waals surface area contributed by atoms with Crippen LogP contribution in [-0.4, -0.2) is 33.5 Å². The lowest BCUT2D eigenvalue weighted by molar-refractivity contribution is 0.412. The summed E-state index contributed by atoms with van der Waals surface area (Å²) in [6.07, 6.45) is 3.14. The normalized spacial score (nSPS) is 12.0. The number of nitrogens with one attached hydrogen (secondary N) is 1. The molecule has 0 atom stereocenters. The first-order valence-electron chi connectivity index (χ1n) is 6.12. The highest BCUT2D eigenvalue weighted by atomic mass is 32.2. The van der Waals surface area contributed by atoms with E-state index in [9.17, 15) is 8.42 Å². The lowest BCUT2D eigenvalue weighted by atomic mass is 10.2. The molecule has 21 heavy (non-hydrogen) atoms. The second kappa shape index (κ2) is 4.81. The molecular formula is C11H12N6O3S. The van der Waals surface area contributed by atoms with Crippen molar-refractivity contribution in [1.29, 1.82) is 0 Å². The molecule has 3 heterocycles. The standard InChI is InChI=1S/C11H12N6O3S/c1-2-7-6(3-20-17-7)4-21(18,19)11-15-8-9(12)13-5-14-10(8)16-11/h3,5H,2,4H2,1H3,(H3,12,13,14,15,16). The van der Waals surface area contributed by atoms with E-state index >= 15 is 0 Å². The molecule has 0 saturated carbocycles. The number of nitrogens with zero attached hydrogens (tertiary/aromatic N) is 4. The van der Waals surface area contributed by atoms with Crippen LogP contribution in [-0.2, 0) is 22.0 Å². The number of aromatic amines is 1. The summed E-state index contributed by atoms with van der Waals surface area (Å²) in [5.41, 5.74) is 7.28. The van der Waals surface area contributed by atoms with Crippen LogP contribution in [0.5, 0.6) is 0 Å². The molecule has 3 aromatic heterocycles. The van der Waals surface area contributed by atoms with E-state index in [4.69, 9.17) is 10.3 Å². The Labute approximate surface area is 119 Å². The Morgan fingerprint density at radius 2 is 2.19 bits per heavy atom. The Balaban J connectivity index is 2.02. The predicted molar refractivity (Wildman–Crippen MR) is 72.9 cm³/mol. The summed E-state index contributed by atoms with van der Waals surface area (Å²) in [4.78, 5) is 14.3. The summed E-state index contributed by atoms with van der Waals surface area (Å²) < 4.78 is 29.6. The maximum Gasteiger partial charge on any atom is 0.228 e. The largest absolute Gasteiger partial charge is 0.382 e. The van der Waals surface area contributed by atoms with Gasteiger partial charge in [-0.15, -0.1) is 0 Å². The van der Waals surface area contributed by atoms with Crippen LogP contribution in [0.15, 0.2) is 22.3 Å². The van der Waals surface area contributed by atoms with Gasteiger partial charge in [0.2, 0.25) is 15.0 Å². The van der Waals surface area contributed by atoms with Crippen molar-refractivity contribution < 1.29 is 12.9 Å². The lowest BCUT2D eigenvalue weighted by Crippen LogP contribution is -2.08. The van der Waals surface area contributed by atoms with Crippen molar-refractivity contribution in [2.45, 2.75) is 24.3 Å². The van der Waals surface area contributed by atoms with Gasteiger partial charge in [-0.3, -0.25) is 0 Å². The van der Waals surface area contributed by atoms with Gasteiger partial charge in [-0.2, -0.15) is 4.98 Å². The van der Waals surface area contributed by atoms with Gasteiger partial charge in [-0.05, 0) is 6.42 Å². The fraction of sp³-hybridized carbons (Fsp3) is 0.273. The molecule has 10 heteroatoms. The number of imidazole rings is 1. The highest BCUT2D eigenvalue weighted by molar-refractivity contribution is 7.90. The zero-order valence-electron chi connectivity index (χ0n) is 11.1. The monoisotopic (exact) mass is 308 g/mol. The van der Waals surface area contributed by atoms with Gasteiger partial charge in [0, 0.05) is 5.56 Å². The van der Waals surface area contributed by atoms with E-state index in [1.807, 2.05) is 6.92 Å². The molecule has 0 aliphatic carbocycles. The van der Waals surface area contributed by atoms with Gasteiger partial charge in [0.15, 0.2) is 11.5 Å². The number of H-pyrrole nitrogens is 1. The average Bonchev–Trinajstić information content (AvgIpc) is 3.05. The third kappa shape index (κ3) is 2.33. The van der Waals surface area contributed by atoms with Crippen molar-refractivity contribution in [3.8, 4) is 0 Å². The predicted octanol–water partition coefficient (Wildman–Crippen LogP) is 0.459. The summed E-state index contributed by atoms with van der Waals surface area (Å²) in [5, 5.41) is 3.56. The number of fused-ring (bicyclic) bond motifs is 1. The molecule has 0 spiro atoms. The van der Waals surface area contributed by atoms with Gasteiger partial charge < -0.3 is 15.2 Å². The van der Waals surface area contributed by atoms with Crippen LogP contribution < -0.4 is 5.73 Å². The van der Waals surface area contributed by atoms with Crippen molar-refractivity contribution in [2.75, 3.05) is 5.73 Å². The first-order chi connectivity index (χ1) is 10.0. The molecule has 0 amide bonds. The molecule has 3 rings (SSSR count). The number of sulfone groups is 1. The molecular weight excluding hydrogens is 296 g/mol. The van der Waals surface area contributed by atoms with Crippen LogP contribution in [0.2, 0.25) is 0 Å². The number of hydrogen-bond donors (Lipinski definition) is 2. The minimum absolute atomic E-state index is 0.146. The number of rotatable bonds is 4. The van der Waals surface area contributed by atoms with Crippen LogP contribution in [0.4, 0.5) is 5.82 Å². The summed E-state index contributed by atoms with van der Waals surface area (Å²) in [6, 6.07) is 0. The topological polar surface area (TPSA) is 141 Å². The van der Waals surface area contributed by atoms with Crippen LogP contribution in [0.3, 0.4) is 0 Å². The fourth-order valence-corrected chi connectivity index (χ4v) is 3.20. The molecule has 3 N–H and O–H groups in total. The number of nitrogens with two attached hydrogens (primary N) is 1. The van der Waals surface area contributed by atoms with Crippen LogP contribution in [0, 0.1) is 0 Å². The van der Waals surface area contributed by atoms with Gasteiger partial charge in [0.1, 0.15) is 18.1 Å². The zero-order chi connectivity index (χ0) is 15.0. The number of aryl methyl sites for hydroxylation is 1. The summed E-state index contributed by atoms with van der Waals surface area (Å²) in [5.74, 6) is -0.111. The smallest absolute Gasteiger partial charge is 0.228 e. The first kappa shape index (κ1) is 13.5. The Morgan fingerprint density at radius 1 is 1.38 bits per heavy atom. The van der Waals surface area contributed by atoms with Crippen molar-refractivity contribution in [3.63, 3.8) is 0 Å². The van der Waals surface area contributed by atoms with E-state index in [0.717, 1.165) is 0 Å². The fourth-order valence-electron chi connectivity index (χ4n) is 1.93. The maximum absolute atomic E-state index is 12.4. The van der Waals surface area contributed by atoms with E-state index in [0.29, 0.717) is 23.2 Å². The van der Waals surface area contributed by atoms with Crippen LogP contribution in [0.1, 0.15) is 18.2 Å². The van der Waals surface area contributed by atoms with Crippen molar-refractivity contribution in [2.24, 2.45) is 0 Å². The third-order valence-corrected chi connectivity index (χ3v) is 4.47. The number of nitrogen functional groups attached to an aromatic ring is 1. The molecule has 0 bridgehead atoms. The van der Waals surface area contributed by atoms with Crippen LogP contribution >= 0.6 is 0 Å². The van der Waals surface area contributed by atoms with Gasteiger partial charge >= 0.3 is 0 Å². The number of anilines is 1. The second-order valence-corrected chi connectivity index (χ2v) is 6.30. The third-order valence-electron chi connectivity index (χ3n) is 3.00. The molecule has 9 nitrogen and oxygen atoms in total. The molecule has 0 radical (unpaired) electrons. The summed E-state index contributed by atoms with van der Waals surface area (Å²) >= 11 is 0. The molecule has 0 unspecified atom stereocenters. The Kier molecular flexibility index (Phi) is 3.09.